The standard InChI is InChI=1S/C15H23NO3S/c1-19-15-7-3-5-13(11-15)8-9-14-6-4-10-16(12-14)20(2,17)18/h3,5,7,11,14H,4,6,8-10,12H2,1-2H3/t14-/m1/s1. The summed E-state index contributed by atoms with van der Waals surface area (Å²) in [7, 11) is -1.37. The first kappa shape index (κ1) is 15.3. The molecule has 0 aromatic heterocycles. The lowest BCUT2D eigenvalue weighted by Crippen LogP contribution is -2.39. The Balaban J connectivity index is 1.90. The molecule has 1 heterocycles. The Morgan fingerprint density at radius 2 is 2.20 bits per heavy atom. The van der Waals surface area contributed by atoms with E-state index in [1.165, 1.54) is 11.8 Å². The highest BCUT2D eigenvalue weighted by Gasteiger charge is 2.25. The third-order valence-electron chi connectivity index (χ3n) is 3.93. The van der Waals surface area contributed by atoms with Crippen LogP contribution in [-0.2, 0) is 16.4 Å². The van der Waals surface area contributed by atoms with Crippen LogP contribution >= 0.6 is 0 Å². The van der Waals surface area contributed by atoms with Gasteiger partial charge in [-0.3, -0.25) is 0 Å². The second-order valence-electron chi connectivity index (χ2n) is 5.52. The number of sulfonamides is 1. The van der Waals surface area contributed by atoms with Crippen LogP contribution in [0.2, 0.25) is 0 Å². The summed E-state index contributed by atoms with van der Waals surface area (Å²) in [6.07, 6.45) is 5.39. The number of ether oxygens (including phenoxy) is 1. The molecule has 1 atom stereocenters. The number of methoxy groups -OCH3 is 1. The molecule has 0 bridgehead atoms. The molecule has 2 rings (SSSR count). The molecular formula is C15H23NO3S. The van der Waals surface area contributed by atoms with Gasteiger partial charge in [-0.1, -0.05) is 12.1 Å². The van der Waals surface area contributed by atoms with Gasteiger partial charge in [-0.2, -0.15) is 0 Å². The lowest BCUT2D eigenvalue weighted by Gasteiger charge is -2.31. The molecule has 5 heteroatoms. The van der Waals surface area contributed by atoms with E-state index in [1.807, 2.05) is 12.1 Å². The van der Waals surface area contributed by atoms with Gasteiger partial charge in [0, 0.05) is 13.1 Å². The lowest BCUT2D eigenvalue weighted by atomic mass is 9.93. The van der Waals surface area contributed by atoms with Crippen LogP contribution in [0.3, 0.4) is 0 Å². The maximum absolute atomic E-state index is 11.6. The van der Waals surface area contributed by atoms with Crippen molar-refractivity contribution in [3.05, 3.63) is 29.8 Å². The van der Waals surface area contributed by atoms with E-state index in [1.54, 1.807) is 11.4 Å². The van der Waals surface area contributed by atoms with Crippen molar-refractivity contribution in [3.63, 3.8) is 0 Å². The molecule has 0 N–H and O–H groups in total. The van der Waals surface area contributed by atoms with E-state index in [9.17, 15) is 8.42 Å². The van der Waals surface area contributed by atoms with E-state index in [4.69, 9.17) is 4.74 Å². The molecule has 1 fully saturated rings. The van der Waals surface area contributed by atoms with Crippen molar-refractivity contribution in [1.82, 2.24) is 4.31 Å². The minimum Gasteiger partial charge on any atom is -0.497 e. The molecule has 4 nitrogen and oxygen atoms in total. The van der Waals surface area contributed by atoms with Gasteiger partial charge in [-0.25, -0.2) is 12.7 Å². The summed E-state index contributed by atoms with van der Waals surface area (Å²) in [5, 5.41) is 0. The van der Waals surface area contributed by atoms with E-state index in [0.29, 0.717) is 19.0 Å². The predicted molar refractivity (Wildman–Crippen MR) is 80.5 cm³/mol. The van der Waals surface area contributed by atoms with Gasteiger partial charge in [0.15, 0.2) is 0 Å². The van der Waals surface area contributed by atoms with Crippen LogP contribution in [0, 0.1) is 5.92 Å². The topological polar surface area (TPSA) is 46.6 Å². The van der Waals surface area contributed by atoms with Crippen molar-refractivity contribution in [1.29, 1.82) is 0 Å². The van der Waals surface area contributed by atoms with Gasteiger partial charge in [0.2, 0.25) is 10.0 Å². The number of piperidine rings is 1. The Morgan fingerprint density at radius 1 is 1.40 bits per heavy atom. The van der Waals surface area contributed by atoms with Gasteiger partial charge >= 0.3 is 0 Å². The fraction of sp³-hybridized carbons (Fsp3) is 0.600. The number of rotatable bonds is 5. The number of nitrogens with zero attached hydrogens (tertiary/aromatic N) is 1. The molecule has 1 saturated heterocycles. The molecule has 1 aliphatic heterocycles. The normalized spacial score (nSPS) is 20.8. The Morgan fingerprint density at radius 3 is 2.90 bits per heavy atom. The summed E-state index contributed by atoms with van der Waals surface area (Å²) in [6, 6.07) is 8.09. The van der Waals surface area contributed by atoms with Crippen molar-refractivity contribution in [2.75, 3.05) is 26.5 Å². The molecule has 0 spiro atoms. The van der Waals surface area contributed by atoms with Crippen molar-refractivity contribution in [2.45, 2.75) is 25.7 Å². The van der Waals surface area contributed by atoms with Crippen LogP contribution < -0.4 is 4.74 Å². The van der Waals surface area contributed by atoms with Crippen molar-refractivity contribution >= 4 is 10.0 Å². The molecule has 1 aromatic carbocycles. The molecule has 1 aromatic rings. The van der Waals surface area contributed by atoms with Gasteiger partial charge in [0.25, 0.3) is 0 Å². The zero-order chi connectivity index (χ0) is 14.6. The minimum absolute atomic E-state index is 0.463. The molecule has 20 heavy (non-hydrogen) atoms. The van der Waals surface area contributed by atoms with Gasteiger partial charge in [0.1, 0.15) is 5.75 Å². The molecule has 0 unspecified atom stereocenters. The molecule has 0 radical (unpaired) electrons. The van der Waals surface area contributed by atoms with Gasteiger partial charge < -0.3 is 4.74 Å². The van der Waals surface area contributed by atoms with Crippen LogP contribution in [0.25, 0.3) is 0 Å². The lowest BCUT2D eigenvalue weighted by molar-refractivity contribution is 0.257. The number of hydrogen-bond donors (Lipinski definition) is 0. The van der Waals surface area contributed by atoms with Crippen molar-refractivity contribution in [2.24, 2.45) is 5.92 Å². The second-order valence-corrected chi connectivity index (χ2v) is 7.50. The number of benzene rings is 1. The second kappa shape index (κ2) is 6.59. The summed E-state index contributed by atoms with van der Waals surface area (Å²) in [6.45, 7) is 1.34. The monoisotopic (exact) mass is 297 g/mol. The summed E-state index contributed by atoms with van der Waals surface area (Å²) in [5.41, 5.74) is 1.25. The van der Waals surface area contributed by atoms with Crippen LogP contribution in [-0.4, -0.2) is 39.2 Å². The zero-order valence-electron chi connectivity index (χ0n) is 12.2. The van der Waals surface area contributed by atoms with Crippen LogP contribution in [0.4, 0.5) is 0 Å². The summed E-state index contributed by atoms with van der Waals surface area (Å²) < 4.78 is 30.0. The zero-order valence-corrected chi connectivity index (χ0v) is 13.0. The Labute approximate surface area is 121 Å². The van der Waals surface area contributed by atoms with Crippen LogP contribution in [0.15, 0.2) is 24.3 Å². The summed E-state index contributed by atoms with van der Waals surface area (Å²) in [4.78, 5) is 0. The fourth-order valence-corrected chi connectivity index (χ4v) is 3.70. The van der Waals surface area contributed by atoms with E-state index >= 15 is 0 Å². The molecule has 0 aliphatic carbocycles. The highest BCUT2D eigenvalue weighted by atomic mass is 32.2. The highest BCUT2D eigenvalue weighted by Crippen LogP contribution is 2.24. The Hall–Kier alpha value is -1.07. The van der Waals surface area contributed by atoms with Gasteiger partial charge in [0.05, 0.1) is 13.4 Å². The smallest absolute Gasteiger partial charge is 0.211 e. The van der Waals surface area contributed by atoms with Crippen LogP contribution in [0.1, 0.15) is 24.8 Å². The predicted octanol–water partition coefficient (Wildman–Crippen LogP) is 2.30. The largest absolute Gasteiger partial charge is 0.497 e. The van der Waals surface area contributed by atoms with E-state index in [2.05, 4.69) is 12.1 Å². The third kappa shape index (κ3) is 4.21. The number of hydrogen-bond acceptors (Lipinski definition) is 3. The molecule has 0 amide bonds. The van der Waals surface area contributed by atoms with Gasteiger partial charge in [-0.15, -0.1) is 0 Å². The summed E-state index contributed by atoms with van der Waals surface area (Å²) in [5.74, 6) is 1.34. The molecule has 0 saturated carbocycles. The van der Waals surface area contributed by atoms with Crippen molar-refractivity contribution in [3.8, 4) is 5.75 Å². The molecule has 112 valence electrons. The van der Waals surface area contributed by atoms with E-state index in [-0.39, 0.29) is 0 Å². The molecule has 1 aliphatic rings. The molecular weight excluding hydrogens is 274 g/mol. The Bertz CT molecular complexity index is 542. The summed E-state index contributed by atoms with van der Waals surface area (Å²) >= 11 is 0. The first-order valence-electron chi connectivity index (χ1n) is 7.07. The minimum atomic E-state index is -3.04. The van der Waals surface area contributed by atoms with Gasteiger partial charge in [-0.05, 0) is 49.3 Å². The fourth-order valence-electron chi connectivity index (χ4n) is 2.76. The SMILES string of the molecule is COc1cccc(CC[C@H]2CCCN(S(C)(=O)=O)C2)c1. The average molecular weight is 297 g/mol. The maximum atomic E-state index is 11.6. The first-order valence-corrected chi connectivity index (χ1v) is 8.92. The average Bonchev–Trinajstić information content (AvgIpc) is 2.45. The third-order valence-corrected chi connectivity index (χ3v) is 5.20. The maximum Gasteiger partial charge on any atom is 0.211 e. The Kier molecular flexibility index (Phi) is 5.05. The quantitative estimate of drug-likeness (QED) is 0.838. The van der Waals surface area contributed by atoms with Crippen molar-refractivity contribution < 1.29 is 13.2 Å². The van der Waals surface area contributed by atoms with E-state index in [0.717, 1.165) is 31.4 Å². The number of aryl methyl sites for hydroxylation is 1. The van der Waals surface area contributed by atoms with E-state index < -0.39 is 10.0 Å². The first-order chi connectivity index (χ1) is 9.49. The van der Waals surface area contributed by atoms with Crippen LogP contribution in [0.5, 0.6) is 5.75 Å². The highest BCUT2D eigenvalue weighted by molar-refractivity contribution is 7.88.